The average molecular weight is 243 g/mol. The molecule has 0 atom stereocenters. The molecule has 2 rings (SSSR count). The molecule has 2 nitrogen and oxygen atoms in total. The molecule has 1 aliphatic carbocycles. The molecule has 1 saturated heterocycles. The van der Waals surface area contributed by atoms with Crippen LogP contribution < -0.4 is 5.32 Å². The first-order valence-electron chi connectivity index (χ1n) is 6.81. The summed E-state index contributed by atoms with van der Waals surface area (Å²) >= 11 is 2.03. The van der Waals surface area contributed by atoms with Crippen molar-refractivity contribution in [2.75, 3.05) is 18.1 Å². The van der Waals surface area contributed by atoms with Gasteiger partial charge in [0.25, 0.3) is 0 Å². The third kappa shape index (κ3) is 3.38. The Kier molecular flexibility index (Phi) is 4.98. The first-order valence-corrected chi connectivity index (χ1v) is 7.96. The van der Waals surface area contributed by atoms with Gasteiger partial charge >= 0.3 is 0 Å². The lowest BCUT2D eigenvalue weighted by molar-refractivity contribution is 0.133. The fourth-order valence-electron chi connectivity index (χ4n) is 2.97. The molecule has 1 heterocycles. The maximum Gasteiger partial charge on any atom is 0.0614 e. The van der Waals surface area contributed by atoms with Gasteiger partial charge in [0.2, 0.25) is 0 Å². The highest BCUT2D eigenvalue weighted by Gasteiger charge is 2.33. The first kappa shape index (κ1) is 12.7. The summed E-state index contributed by atoms with van der Waals surface area (Å²) in [5.41, 5.74) is 0.0558. The number of hydrogen-bond donors (Lipinski definition) is 2. The number of thioether (sulfide) groups is 1. The van der Waals surface area contributed by atoms with Crippen LogP contribution in [0.2, 0.25) is 0 Å². The zero-order chi connectivity index (χ0) is 11.3. The Labute approximate surface area is 104 Å². The molecule has 16 heavy (non-hydrogen) atoms. The van der Waals surface area contributed by atoms with E-state index in [4.69, 9.17) is 0 Å². The Bertz CT molecular complexity index is 196. The van der Waals surface area contributed by atoms with E-state index in [1.54, 1.807) is 0 Å². The molecule has 2 aliphatic rings. The van der Waals surface area contributed by atoms with Gasteiger partial charge < -0.3 is 10.4 Å². The highest BCUT2D eigenvalue weighted by atomic mass is 32.2. The van der Waals surface area contributed by atoms with Gasteiger partial charge in [0.1, 0.15) is 0 Å². The highest BCUT2D eigenvalue weighted by Crippen LogP contribution is 2.29. The molecule has 0 unspecified atom stereocenters. The van der Waals surface area contributed by atoms with Gasteiger partial charge in [0, 0.05) is 11.6 Å². The van der Waals surface area contributed by atoms with Crippen molar-refractivity contribution in [3.05, 3.63) is 0 Å². The minimum absolute atomic E-state index is 0.0558. The molecule has 1 aliphatic heterocycles. The fourth-order valence-corrected chi connectivity index (χ4v) is 4.24. The van der Waals surface area contributed by atoms with Gasteiger partial charge in [0.15, 0.2) is 0 Å². The highest BCUT2D eigenvalue weighted by molar-refractivity contribution is 7.99. The van der Waals surface area contributed by atoms with Gasteiger partial charge in [-0.25, -0.2) is 0 Å². The van der Waals surface area contributed by atoms with Crippen molar-refractivity contribution in [3.8, 4) is 0 Å². The van der Waals surface area contributed by atoms with Crippen LogP contribution in [0.15, 0.2) is 0 Å². The molecular weight excluding hydrogens is 218 g/mol. The number of hydrogen-bond acceptors (Lipinski definition) is 3. The Morgan fingerprint density at radius 3 is 2.25 bits per heavy atom. The molecule has 1 saturated carbocycles. The average Bonchev–Trinajstić information content (AvgIpc) is 2.59. The third-order valence-electron chi connectivity index (χ3n) is 4.12. The van der Waals surface area contributed by atoms with E-state index >= 15 is 0 Å². The summed E-state index contributed by atoms with van der Waals surface area (Å²) in [6, 6.07) is 0.665. The Hall–Kier alpha value is 0.270. The predicted octanol–water partition coefficient (Wildman–Crippen LogP) is 2.56. The van der Waals surface area contributed by atoms with Gasteiger partial charge in [-0.2, -0.15) is 11.8 Å². The Morgan fingerprint density at radius 1 is 1.06 bits per heavy atom. The summed E-state index contributed by atoms with van der Waals surface area (Å²) in [5, 5.41) is 13.5. The van der Waals surface area contributed by atoms with E-state index in [1.165, 1.54) is 50.0 Å². The molecule has 94 valence electrons. The minimum atomic E-state index is 0.0558. The van der Waals surface area contributed by atoms with Crippen LogP contribution in [-0.2, 0) is 0 Å². The van der Waals surface area contributed by atoms with Gasteiger partial charge in [-0.1, -0.05) is 25.7 Å². The van der Waals surface area contributed by atoms with Crippen LogP contribution in [0.25, 0.3) is 0 Å². The van der Waals surface area contributed by atoms with Crippen LogP contribution in [0, 0.1) is 0 Å². The second-order valence-electron chi connectivity index (χ2n) is 5.38. The van der Waals surface area contributed by atoms with Crippen molar-refractivity contribution >= 4 is 11.8 Å². The molecule has 2 fully saturated rings. The van der Waals surface area contributed by atoms with Crippen molar-refractivity contribution in [1.29, 1.82) is 0 Å². The van der Waals surface area contributed by atoms with E-state index in [0.717, 1.165) is 12.8 Å². The first-order chi connectivity index (χ1) is 7.85. The second kappa shape index (κ2) is 6.27. The van der Waals surface area contributed by atoms with Crippen LogP contribution in [0.5, 0.6) is 0 Å². The molecule has 0 bridgehead atoms. The van der Waals surface area contributed by atoms with Crippen molar-refractivity contribution in [2.24, 2.45) is 0 Å². The summed E-state index contributed by atoms with van der Waals surface area (Å²) in [7, 11) is 0. The molecule has 0 aromatic heterocycles. The van der Waals surface area contributed by atoms with E-state index in [9.17, 15) is 5.11 Å². The summed E-state index contributed by atoms with van der Waals surface area (Å²) in [5.74, 6) is 2.42. The molecule has 0 amide bonds. The Balaban J connectivity index is 1.88. The molecular formula is C13H25NOS. The van der Waals surface area contributed by atoms with Crippen molar-refractivity contribution in [1.82, 2.24) is 5.32 Å². The zero-order valence-corrected chi connectivity index (χ0v) is 11.0. The van der Waals surface area contributed by atoms with Crippen LogP contribution in [0.1, 0.15) is 51.4 Å². The summed E-state index contributed by atoms with van der Waals surface area (Å²) in [6.07, 6.45) is 10.5. The smallest absolute Gasteiger partial charge is 0.0614 e. The Morgan fingerprint density at radius 2 is 1.69 bits per heavy atom. The standard InChI is InChI=1S/C13H25NOS/c15-11-13(7-9-16-10-8-13)14-12-5-3-1-2-4-6-12/h12,14-15H,1-11H2. The van der Waals surface area contributed by atoms with Crippen LogP contribution >= 0.6 is 11.8 Å². The topological polar surface area (TPSA) is 32.3 Å². The number of rotatable bonds is 3. The molecule has 0 aromatic rings. The quantitative estimate of drug-likeness (QED) is 0.747. The largest absolute Gasteiger partial charge is 0.394 e. The van der Waals surface area contributed by atoms with E-state index < -0.39 is 0 Å². The molecule has 0 aromatic carbocycles. The predicted molar refractivity (Wildman–Crippen MR) is 71.0 cm³/mol. The fraction of sp³-hybridized carbons (Fsp3) is 1.00. The van der Waals surface area contributed by atoms with Gasteiger partial charge in [-0.15, -0.1) is 0 Å². The van der Waals surface area contributed by atoms with Crippen molar-refractivity contribution < 1.29 is 5.11 Å². The van der Waals surface area contributed by atoms with Gasteiger partial charge in [0.05, 0.1) is 6.61 Å². The van der Waals surface area contributed by atoms with Crippen LogP contribution in [0.4, 0.5) is 0 Å². The van der Waals surface area contributed by atoms with Gasteiger partial charge in [-0.05, 0) is 37.2 Å². The number of aliphatic hydroxyl groups excluding tert-OH is 1. The van der Waals surface area contributed by atoms with E-state index in [0.29, 0.717) is 12.6 Å². The lowest BCUT2D eigenvalue weighted by atomic mass is 9.91. The van der Waals surface area contributed by atoms with Gasteiger partial charge in [-0.3, -0.25) is 0 Å². The van der Waals surface area contributed by atoms with E-state index in [-0.39, 0.29) is 5.54 Å². The molecule has 0 radical (unpaired) electrons. The number of nitrogens with one attached hydrogen (secondary N) is 1. The summed E-state index contributed by atoms with van der Waals surface area (Å²) in [4.78, 5) is 0. The minimum Gasteiger partial charge on any atom is -0.394 e. The van der Waals surface area contributed by atoms with E-state index in [2.05, 4.69) is 5.32 Å². The molecule has 0 spiro atoms. The van der Waals surface area contributed by atoms with Crippen LogP contribution in [0.3, 0.4) is 0 Å². The van der Waals surface area contributed by atoms with Crippen molar-refractivity contribution in [3.63, 3.8) is 0 Å². The third-order valence-corrected chi connectivity index (χ3v) is 5.10. The summed E-state index contributed by atoms with van der Waals surface area (Å²) in [6.45, 7) is 0.323. The maximum atomic E-state index is 9.67. The van der Waals surface area contributed by atoms with Crippen molar-refractivity contribution in [2.45, 2.75) is 62.9 Å². The lowest BCUT2D eigenvalue weighted by Crippen LogP contribution is -2.55. The van der Waals surface area contributed by atoms with Crippen LogP contribution in [-0.4, -0.2) is 34.8 Å². The molecule has 2 N–H and O–H groups in total. The second-order valence-corrected chi connectivity index (χ2v) is 6.61. The summed E-state index contributed by atoms with van der Waals surface area (Å²) < 4.78 is 0. The lowest BCUT2D eigenvalue weighted by Gasteiger charge is -2.39. The number of aliphatic hydroxyl groups is 1. The maximum absolute atomic E-state index is 9.67. The zero-order valence-electron chi connectivity index (χ0n) is 10.2. The van der Waals surface area contributed by atoms with E-state index in [1.807, 2.05) is 11.8 Å². The monoisotopic (exact) mass is 243 g/mol. The normalized spacial score (nSPS) is 27.6. The molecule has 3 heteroatoms. The SMILES string of the molecule is OCC1(NC2CCCCCC2)CCSCC1.